The molecule has 0 aromatic carbocycles. The van der Waals surface area contributed by atoms with E-state index in [1.54, 1.807) is 0 Å². The summed E-state index contributed by atoms with van der Waals surface area (Å²) in [5.41, 5.74) is 0. The van der Waals surface area contributed by atoms with E-state index in [4.69, 9.17) is 14.6 Å². The third kappa shape index (κ3) is 10.8. The van der Waals surface area contributed by atoms with Gasteiger partial charge in [-0.05, 0) is 19.8 Å². The van der Waals surface area contributed by atoms with Gasteiger partial charge in [0.05, 0.1) is 6.07 Å². The van der Waals surface area contributed by atoms with Gasteiger partial charge in [0, 0.05) is 24.9 Å². The third-order valence-corrected chi connectivity index (χ3v) is 3.98. The Morgan fingerprint density at radius 3 is 1.71 bits per heavy atom. The van der Waals surface area contributed by atoms with Gasteiger partial charge in [-0.3, -0.25) is 0 Å². The average Bonchev–Trinajstić information content (AvgIpc) is 2.51. The summed E-state index contributed by atoms with van der Waals surface area (Å²) >= 11 is 0. The maximum atomic E-state index is 9.08. The van der Waals surface area contributed by atoms with Crippen LogP contribution in [0, 0.1) is 17.2 Å². The molecular formula is C17H34BNO2. The van der Waals surface area contributed by atoms with Crippen LogP contribution >= 0.6 is 0 Å². The van der Waals surface area contributed by atoms with Crippen LogP contribution in [0.5, 0.6) is 0 Å². The maximum absolute atomic E-state index is 9.08. The fourth-order valence-electron chi connectivity index (χ4n) is 2.16. The normalized spacial score (nSPS) is 13.7. The lowest BCUT2D eigenvalue weighted by molar-refractivity contribution is 0.178. The Hall–Kier alpha value is -0.525. The first kappa shape index (κ1) is 20.5. The summed E-state index contributed by atoms with van der Waals surface area (Å²) in [5, 5.41) is 9.08. The molecule has 0 saturated heterocycles. The van der Waals surface area contributed by atoms with Crippen molar-refractivity contribution in [1.29, 1.82) is 5.26 Å². The molecule has 0 saturated carbocycles. The van der Waals surface area contributed by atoms with Crippen molar-refractivity contribution in [1.82, 2.24) is 0 Å². The van der Waals surface area contributed by atoms with E-state index >= 15 is 0 Å². The number of nitriles is 1. The molecule has 122 valence electrons. The first-order chi connectivity index (χ1) is 10.2. The highest BCUT2D eigenvalue weighted by atomic mass is 16.6. The van der Waals surface area contributed by atoms with Crippen LogP contribution in [-0.2, 0) is 9.31 Å². The van der Waals surface area contributed by atoms with Crippen molar-refractivity contribution >= 4 is 7.12 Å². The van der Waals surface area contributed by atoms with Crippen molar-refractivity contribution in [2.45, 2.75) is 84.9 Å². The Balaban J connectivity index is 4.06. The van der Waals surface area contributed by atoms with Gasteiger partial charge in [-0.1, -0.05) is 59.3 Å². The van der Waals surface area contributed by atoms with Crippen molar-refractivity contribution in [3.63, 3.8) is 0 Å². The minimum absolute atomic E-state index is 0.0405. The summed E-state index contributed by atoms with van der Waals surface area (Å²) in [6, 6.07) is 2.31. The van der Waals surface area contributed by atoms with Crippen molar-refractivity contribution in [3.05, 3.63) is 0 Å². The van der Waals surface area contributed by atoms with Crippen LogP contribution in [0.15, 0.2) is 0 Å². The minimum atomic E-state index is -0.233. The molecule has 0 aromatic heterocycles. The van der Waals surface area contributed by atoms with Crippen LogP contribution in [0.1, 0.15) is 79.1 Å². The van der Waals surface area contributed by atoms with Crippen molar-refractivity contribution < 1.29 is 9.31 Å². The lowest BCUT2D eigenvalue weighted by Crippen LogP contribution is -2.31. The van der Waals surface area contributed by atoms with Crippen LogP contribution in [0.2, 0.25) is 5.82 Å². The fourth-order valence-corrected chi connectivity index (χ4v) is 2.16. The van der Waals surface area contributed by atoms with Crippen LogP contribution in [0.25, 0.3) is 0 Å². The summed E-state index contributed by atoms with van der Waals surface area (Å²) in [6.45, 7) is 9.89. The Labute approximate surface area is 132 Å². The van der Waals surface area contributed by atoms with Gasteiger partial charge in [-0.2, -0.15) is 5.26 Å². The lowest BCUT2D eigenvalue weighted by Gasteiger charge is -2.22. The smallest absolute Gasteiger partial charge is 0.411 e. The van der Waals surface area contributed by atoms with Crippen molar-refractivity contribution in [3.8, 4) is 6.07 Å². The number of nitrogens with zero attached hydrogens (tertiary/aromatic N) is 1. The molecule has 0 aliphatic rings. The lowest BCUT2D eigenvalue weighted by atomic mass is 9.66. The molecule has 0 amide bonds. The van der Waals surface area contributed by atoms with Gasteiger partial charge < -0.3 is 9.31 Å². The molecule has 0 spiro atoms. The van der Waals surface area contributed by atoms with Crippen molar-refractivity contribution in [2.24, 2.45) is 5.92 Å². The quantitative estimate of drug-likeness (QED) is 0.326. The molecule has 0 aromatic rings. The van der Waals surface area contributed by atoms with Crippen LogP contribution in [0.3, 0.4) is 0 Å². The molecule has 2 atom stereocenters. The van der Waals surface area contributed by atoms with Gasteiger partial charge in [0.25, 0.3) is 0 Å². The van der Waals surface area contributed by atoms with Crippen LogP contribution in [0.4, 0.5) is 0 Å². The Kier molecular flexibility index (Phi) is 14.1. The third-order valence-electron chi connectivity index (χ3n) is 3.98. The Bertz CT molecular complexity index is 254. The molecule has 0 heterocycles. The summed E-state index contributed by atoms with van der Waals surface area (Å²) in [7, 11) is -0.233. The first-order valence-electron chi connectivity index (χ1n) is 8.80. The van der Waals surface area contributed by atoms with E-state index in [1.807, 2.05) is 6.92 Å². The van der Waals surface area contributed by atoms with Gasteiger partial charge in [0.2, 0.25) is 0 Å². The molecule has 2 unspecified atom stereocenters. The number of hydrogen-bond donors (Lipinski definition) is 0. The second kappa shape index (κ2) is 14.4. The van der Waals surface area contributed by atoms with Gasteiger partial charge in [-0.25, -0.2) is 0 Å². The predicted molar refractivity (Wildman–Crippen MR) is 90.1 cm³/mol. The molecule has 0 aliphatic carbocycles. The van der Waals surface area contributed by atoms with Crippen molar-refractivity contribution in [2.75, 3.05) is 13.2 Å². The number of rotatable bonds is 14. The van der Waals surface area contributed by atoms with E-state index in [-0.39, 0.29) is 18.9 Å². The van der Waals surface area contributed by atoms with Gasteiger partial charge in [0.15, 0.2) is 0 Å². The van der Waals surface area contributed by atoms with Crippen LogP contribution < -0.4 is 0 Å². The summed E-state index contributed by atoms with van der Waals surface area (Å²) < 4.78 is 11.8. The molecular weight excluding hydrogens is 261 g/mol. The second-order valence-electron chi connectivity index (χ2n) is 6.01. The fraction of sp³-hybridized carbons (Fsp3) is 0.941. The summed E-state index contributed by atoms with van der Waals surface area (Å²) in [4.78, 5) is 0. The van der Waals surface area contributed by atoms with Gasteiger partial charge in [-0.15, -0.1) is 0 Å². The zero-order chi connectivity index (χ0) is 15.9. The van der Waals surface area contributed by atoms with E-state index in [0.29, 0.717) is 0 Å². The largest absolute Gasteiger partial charge is 0.461 e. The number of unbranched alkanes of at least 4 members (excludes halogenated alkanes) is 6. The zero-order valence-electron chi connectivity index (χ0n) is 14.6. The van der Waals surface area contributed by atoms with Gasteiger partial charge in [0.1, 0.15) is 0 Å². The molecule has 0 aliphatic heterocycles. The highest BCUT2D eigenvalue weighted by molar-refractivity contribution is 6.46. The molecule has 0 bridgehead atoms. The number of hydrogen-bond acceptors (Lipinski definition) is 3. The topological polar surface area (TPSA) is 42.2 Å². The standard InChI is InChI=1S/C17H34BNO2/c1-5-7-9-11-13-20-18(17(4)16(3)15-19)21-14-12-10-8-6-2/h16-17H,5-14H2,1-4H3. The molecule has 0 fully saturated rings. The molecule has 0 radical (unpaired) electrons. The molecule has 4 heteroatoms. The molecule has 3 nitrogen and oxygen atoms in total. The highest BCUT2D eigenvalue weighted by Gasteiger charge is 2.30. The monoisotopic (exact) mass is 295 g/mol. The molecule has 0 N–H and O–H groups in total. The van der Waals surface area contributed by atoms with E-state index < -0.39 is 0 Å². The summed E-state index contributed by atoms with van der Waals surface area (Å²) in [6.07, 6.45) is 9.57. The zero-order valence-corrected chi connectivity index (χ0v) is 14.6. The first-order valence-corrected chi connectivity index (χ1v) is 8.80. The van der Waals surface area contributed by atoms with E-state index in [1.165, 1.54) is 38.5 Å². The van der Waals surface area contributed by atoms with E-state index in [9.17, 15) is 0 Å². The predicted octanol–water partition coefficient (Wildman–Crippen LogP) is 5.22. The van der Waals surface area contributed by atoms with Gasteiger partial charge >= 0.3 is 7.12 Å². The summed E-state index contributed by atoms with van der Waals surface area (Å²) in [5.74, 6) is 0.0774. The second-order valence-corrected chi connectivity index (χ2v) is 6.01. The molecule has 0 rings (SSSR count). The Morgan fingerprint density at radius 1 is 0.857 bits per heavy atom. The van der Waals surface area contributed by atoms with E-state index in [2.05, 4.69) is 26.8 Å². The Morgan fingerprint density at radius 2 is 1.33 bits per heavy atom. The maximum Gasteiger partial charge on any atom is 0.461 e. The average molecular weight is 295 g/mol. The SMILES string of the molecule is CCCCCCOB(OCCCCCC)C(C)C(C)C#N. The van der Waals surface area contributed by atoms with E-state index in [0.717, 1.165) is 26.1 Å². The highest BCUT2D eigenvalue weighted by Crippen LogP contribution is 2.22. The molecule has 21 heavy (non-hydrogen) atoms. The van der Waals surface area contributed by atoms with Crippen LogP contribution in [-0.4, -0.2) is 20.3 Å². The minimum Gasteiger partial charge on any atom is -0.411 e.